The van der Waals surface area contributed by atoms with Crippen LogP contribution in [0.4, 0.5) is 0 Å². The minimum absolute atomic E-state index is 0.149. The summed E-state index contributed by atoms with van der Waals surface area (Å²) in [6.45, 7) is 2.02. The second-order valence-electron chi connectivity index (χ2n) is 3.85. The standard InChI is InChI=1S/C10H12N4O/c1-2-8-12-9(15-13-8)10(4-5-10)14-7-3-6-11-14/h3,6-7H,2,4-5H2,1H3. The van der Waals surface area contributed by atoms with Crippen LogP contribution in [0.25, 0.3) is 0 Å². The number of nitrogens with zero attached hydrogens (tertiary/aromatic N) is 4. The van der Waals surface area contributed by atoms with Crippen LogP contribution in [0.3, 0.4) is 0 Å². The molecule has 1 aliphatic rings. The average Bonchev–Trinajstić information content (AvgIpc) is 2.76. The van der Waals surface area contributed by atoms with Crippen LogP contribution in [-0.4, -0.2) is 19.9 Å². The zero-order valence-corrected chi connectivity index (χ0v) is 8.55. The van der Waals surface area contributed by atoms with Gasteiger partial charge in [0.2, 0.25) is 0 Å². The lowest BCUT2D eigenvalue weighted by Gasteiger charge is -2.09. The fourth-order valence-corrected chi connectivity index (χ4v) is 1.77. The summed E-state index contributed by atoms with van der Waals surface area (Å²) in [6.07, 6.45) is 6.58. The molecule has 0 N–H and O–H groups in total. The van der Waals surface area contributed by atoms with Crippen molar-refractivity contribution in [3.8, 4) is 0 Å². The Morgan fingerprint density at radius 3 is 2.93 bits per heavy atom. The number of hydrogen-bond donors (Lipinski definition) is 0. The Bertz CT molecular complexity index is 455. The van der Waals surface area contributed by atoms with Crippen LogP contribution in [-0.2, 0) is 12.0 Å². The first-order chi connectivity index (χ1) is 7.35. The second kappa shape index (κ2) is 2.92. The molecule has 1 fully saturated rings. The van der Waals surface area contributed by atoms with Crippen LogP contribution >= 0.6 is 0 Å². The van der Waals surface area contributed by atoms with E-state index in [1.165, 1.54) is 0 Å². The van der Waals surface area contributed by atoms with Crippen LogP contribution in [0.5, 0.6) is 0 Å². The normalized spacial score (nSPS) is 17.9. The Morgan fingerprint density at radius 1 is 1.53 bits per heavy atom. The summed E-state index contributed by atoms with van der Waals surface area (Å²) in [5.74, 6) is 1.46. The molecule has 0 radical (unpaired) electrons. The lowest BCUT2D eigenvalue weighted by atomic mass is 10.3. The Hall–Kier alpha value is -1.65. The van der Waals surface area contributed by atoms with Crippen molar-refractivity contribution in [1.82, 2.24) is 19.9 Å². The van der Waals surface area contributed by atoms with Crippen LogP contribution in [0, 0.1) is 0 Å². The summed E-state index contributed by atoms with van der Waals surface area (Å²) in [5.41, 5.74) is -0.149. The molecule has 0 amide bonds. The first kappa shape index (κ1) is 8.64. The highest BCUT2D eigenvalue weighted by Gasteiger charge is 2.52. The van der Waals surface area contributed by atoms with Gasteiger partial charge in [0, 0.05) is 18.8 Å². The lowest BCUT2D eigenvalue weighted by Crippen LogP contribution is -2.19. The van der Waals surface area contributed by atoms with E-state index in [0.717, 1.165) is 25.1 Å². The van der Waals surface area contributed by atoms with Crippen molar-refractivity contribution < 1.29 is 4.52 Å². The minimum Gasteiger partial charge on any atom is -0.337 e. The van der Waals surface area contributed by atoms with E-state index in [1.54, 1.807) is 6.20 Å². The van der Waals surface area contributed by atoms with Gasteiger partial charge in [0.1, 0.15) is 5.54 Å². The Labute approximate surface area is 87.1 Å². The highest BCUT2D eigenvalue weighted by molar-refractivity contribution is 5.16. The van der Waals surface area contributed by atoms with Crippen molar-refractivity contribution in [3.63, 3.8) is 0 Å². The third-order valence-corrected chi connectivity index (χ3v) is 2.85. The maximum atomic E-state index is 5.28. The van der Waals surface area contributed by atoms with E-state index in [2.05, 4.69) is 15.2 Å². The molecule has 2 aromatic rings. The smallest absolute Gasteiger partial charge is 0.254 e. The largest absolute Gasteiger partial charge is 0.337 e. The third kappa shape index (κ3) is 1.19. The first-order valence-electron chi connectivity index (χ1n) is 5.18. The van der Waals surface area contributed by atoms with E-state index in [9.17, 15) is 0 Å². The topological polar surface area (TPSA) is 56.7 Å². The molecule has 5 heteroatoms. The summed E-state index contributed by atoms with van der Waals surface area (Å²) >= 11 is 0. The molecule has 0 atom stereocenters. The zero-order chi connectivity index (χ0) is 10.3. The number of hydrogen-bond acceptors (Lipinski definition) is 4. The van der Waals surface area contributed by atoms with Crippen LogP contribution in [0.2, 0.25) is 0 Å². The van der Waals surface area contributed by atoms with Crippen molar-refractivity contribution in [2.24, 2.45) is 0 Å². The molecule has 0 unspecified atom stereocenters. The number of aryl methyl sites for hydroxylation is 1. The van der Waals surface area contributed by atoms with Crippen molar-refractivity contribution in [2.45, 2.75) is 31.7 Å². The molecular weight excluding hydrogens is 192 g/mol. The quantitative estimate of drug-likeness (QED) is 0.757. The van der Waals surface area contributed by atoms with Gasteiger partial charge in [0.05, 0.1) is 0 Å². The number of rotatable bonds is 3. The predicted molar refractivity (Wildman–Crippen MR) is 52.2 cm³/mol. The van der Waals surface area contributed by atoms with E-state index in [-0.39, 0.29) is 5.54 Å². The maximum Gasteiger partial charge on any atom is 0.254 e. The first-order valence-corrected chi connectivity index (χ1v) is 5.18. The summed E-state index contributed by atoms with van der Waals surface area (Å²) < 4.78 is 7.20. The molecule has 3 rings (SSSR count). The fourth-order valence-electron chi connectivity index (χ4n) is 1.77. The Morgan fingerprint density at radius 2 is 2.40 bits per heavy atom. The van der Waals surface area contributed by atoms with E-state index in [4.69, 9.17) is 4.52 Å². The molecule has 1 aliphatic carbocycles. The summed E-state index contributed by atoms with van der Waals surface area (Å²) in [6, 6.07) is 1.91. The van der Waals surface area contributed by atoms with Gasteiger partial charge in [-0.3, -0.25) is 4.68 Å². The van der Waals surface area contributed by atoms with E-state index < -0.39 is 0 Å². The van der Waals surface area contributed by atoms with Gasteiger partial charge in [0.25, 0.3) is 5.89 Å². The van der Waals surface area contributed by atoms with Gasteiger partial charge in [-0.15, -0.1) is 0 Å². The molecule has 0 saturated heterocycles. The molecule has 5 nitrogen and oxygen atoms in total. The van der Waals surface area contributed by atoms with Gasteiger partial charge in [-0.1, -0.05) is 12.1 Å². The predicted octanol–water partition coefficient (Wildman–Crippen LogP) is 1.37. The van der Waals surface area contributed by atoms with E-state index in [1.807, 2.05) is 23.9 Å². The molecular formula is C10H12N4O. The molecule has 2 heterocycles. The van der Waals surface area contributed by atoms with E-state index in [0.29, 0.717) is 5.89 Å². The molecule has 0 bridgehead atoms. The van der Waals surface area contributed by atoms with E-state index >= 15 is 0 Å². The summed E-state index contributed by atoms with van der Waals surface area (Å²) in [5, 5.41) is 8.17. The van der Waals surface area contributed by atoms with Crippen molar-refractivity contribution in [3.05, 3.63) is 30.2 Å². The van der Waals surface area contributed by atoms with Gasteiger partial charge >= 0.3 is 0 Å². The van der Waals surface area contributed by atoms with Crippen LogP contribution in [0.15, 0.2) is 23.0 Å². The van der Waals surface area contributed by atoms with Gasteiger partial charge < -0.3 is 4.52 Å². The molecule has 0 spiro atoms. The SMILES string of the molecule is CCc1noc(C2(n3cccn3)CC2)n1. The van der Waals surface area contributed by atoms with Crippen molar-refractivity contribution >= 4 is 0 Å². The minimum atomic E-state index is -0.149. The highest BCUT2D eigenvalue weighted by Crippen LogP contribution is 2.47. The second-order valence-corrected chi connectivity index (χ2v) is 3.85. The van der Waals surface area contributed by atoms with Gasteiger partial charge in [-0.05, 0) is 18.9 Å². The Balaban J connectivity index is 2.00. The van der Waals surface area contributed by atoms with Gasteiger partial charge in [-0.2, -0.15) is 10.1 Å². The molecule has 78 valence electrons. The average molecular weight is 204 g/mol. The lowest BCUT2D eigenvalue weighted by molar-refractivity contribution is 0.311. The third-order valence-electron chi connectivity index (χ3n) is 2.85. The molecule has 1 saturated carbocycles. The monoisotopic (exact) mass is 204 g/mol. The molecule has 0 aromatic carbocycles. The van der Waals surface area contributed by atoms with Crippen LogP contribution in [0.1, 0.15) is 31.5 Å². The highest BCUT2D eigenvalue weighted by atomic mass is 16.5. The summed E-state index contributed by atoms with van der Waals surface area (Å²) in [7, 11) is 0. The van der Waals surface area contributed by atoms with Crippen molar-refractivity contribution in [1.29, 1.82) is 0 Å². The maximum absolute atomic E-state index is 5.28. The molecule has 2 aromatic heterocycles. The Kier molecular flexibility index (Phi) is 1.68. The number of aromatic nitrogens is 4. The van der Waals surface area contributed by atoms with Gasteiger partial charge in [-0.25, -0.2) is 0 Å². The summed E-state index contributed by atoms with van der Waals surface area (Å²) in [4.78, 5) is 4.38. The fraction of sp³-hybridized carbons (Fsp3) is 0.500. The van der Waals surface area contributed by atoms with Crippen molar-refractivity contribution in [2.75, 3.05) is 0 Å². The van der Waals surface area contributed by atoms with Gasteiger partial charge in [0.15, 0.2) is 5.82 Å². The zero-order valence-electron chi connectivity index (χ0n) is 8.55. The molecule has 0 aliphatic heterocycles. The molecule has 15 heavy (non-hydrogen) atoms. The van der Waals surface area contributed by atoms with Crippen LogP contribution < -0.4 is 0 Å².